The third-order valence-electron chi connectivity index (χ3n) is 5.97. The number of carbonyl (C=O) groups is 1. The third kappa shape index (κ3) is 4.53. The van der Waals surface area contributed by atoms with Crippen LogP contribution in [0.5, 0.6) is 11.5 Å². The maximum atomic E-state index is 13.5. The zero-order chi connectivity index (χ0) is 24.2. The van der Waals surface area contributed by atoms with Gasteiger partial charge in [0.25, 0.3) is 5.91 Å². The Labute approximate surface area is 198 Å². The van der Waals surface area contributed by atoms with Crippen molar-refractivity contribution in [2.24, 2.45) is 5.92 Å². The van der Waals surface area contributed by atoms with Gasteiger partial charge in [0.05, 0.1) is 30.2 Å². The second-order valence-corrected chi connectivity index (χ2v) is 8.82. The van der Waals surface area contributed by atoms with Crippen molar-refractivity contribution in [2.45, 2.75) is 39.7 Å². The molecule has 180 valence electrons. The van der Waals surface area contributed by atoms with Gasteiger partial charge in [-0.05, 0) is 55.5 Å². The zero-order valence-electron chi connectivity index (χ0n) is 19.9. The Kier molecular flexibility index (Phi) is 7.22. The van der Waals surface area contributed by atoms with Crippen molar-refractivity contribution < 1.29 is 23.8 Å². The van der Waals surface area contributed by atoms with Gasteiger partial charge in [-0.15, -0.1) is 0 Å². The van der Waals surface area contributed by atoms with E-state index in [-0.39, 0.29) is 30.2 Å². The minimum absolute atomic E-state index is 0.0573. The first-order valence-corrected chi connectivity index (χ1v) is 11.8. The lowest BCUT2D eigenvalue weighted by Gasteiger charge is -2.25. The molecule has 0 saturated heterocycles. The topological polar surface area (TPSA) is 89.2 Å². The molecule has 0 radical (unpaired) electrons. The van der Waals surface area contributed by atoms with Crippen LogP contribution in [-0.4, -0.2) is 42.3 Å². The number of amides is 1. The van der Waals surface area contributed by atoms with Gasteiger partial charge in [0.1, 0.15) is 5.58 Å². The number of benzene rings is 2. The molecule has 1 aliphatic heterocycles. The van der Waals surface area contributed by atoms with Crippen LogP contribution in [0.15, 0.2) is 51.7 Å². The molecule has 0 unspecified atom stereocenters. The highest BCUT2D eigenvalue weighted by molar-refractivity contribution is 5.99. The highest BCUT2D eigenvalue weighted by atomic mass is 16.5. The predicted molar refractivity (Wildman–Crippen MR) is 130 cm³/mol. The summed E-state index contributed by atoms with van der Waals surface area (Å²) in [4.78, 5) is 28.4. The van der Waals surface area contributed by atoms with Crippen molar-refractivity contribution in [3.05, 3.63) is 69.6 Å². The summed E-state index contributed by atoms with van der Waals surface area (Å²) in [7, 11) is 0. The predicted octanol–water partition coefficient (Wildman–Crippen LogP) is 4.54. The first kappa shape index (κ1) is 23.8. The van der Waals surface area contributed by atoms with Crippen LogP contribution in [0.4, 0.5) is 0 Å². The number of aliphatic hydroxyl groups is 1. The smallest absolute Gasteiger partial charge is 0.290 e. The van der Waals surface area contributed by atoms with Crippen LogP contribution in [0.3, 0.4) is 0 Å². The summed E-state index contributed by atoms with van der Waals surface area (Å²) in [5.74, 6) is 1.42. The fourth-order valence-corrected chi connectivity index (χ4v) is 4.27. The van der Waals surface area contributed by atoms with E-state index in [2.05, 4.69) is 13.8 Å². The van der Waals surface area contributed by atoms with E-state index in [0.717, 1.165) is 12.0 Å². The van der Waals surface area contributed by atoms with Gasteiger partial charge in [0, 0.05) is 13.2 Å². The van der Waals surface area contributed by atoms with E-state index >= 15 is 0 Å². The van der Waals surface area contributed by atoms with Crippen molar-refractivity contribution in [2.75, 3.05) is 26.4 Å². The molecule has 1 N–H and O–H groups in total. The van der Waals surface area contributed by atoms with Gasteiger partial charge in [-0.2, -0.15) is 0 Å². The Hall–Kier alpha value is -3.32. The zero-order valence-corrected chi connectivity index (χ0v) is 19.9. The number of hydrogen-bond donors (Lipinski definition) is 1. The first-order valence-electron chi connectivity index (χ1n) is 11.8. The van der Waals surface area contributed by atoms with E-state index in [1.807, 2.05) is 25.1 Å². The number of para-hydroxylation sites is 1. The third-order valence-corrected chi connectivity index (χ3v) is 5.97. The van der Waals surface area contributed by atoms with Gasteiger partial charge in [0.2, 0.25) is 5.76 Å². The van der Waals surface area contributed by atoms with Gasteiger partial charge in [0.15, 0.2) is 16.9 Å². The number of rotatable bonds is 10. The maximum Gasteiger partial charge on any atom is 0.290 e. The Bertz CT molecular complexity index is 1230. The van der Waals surface area contributed by atoms with E-state index in [9.17, 15) is 14.7 Å². The molecule has 7 nitrogen and oxygen atoms in total. The minimum atomic E-state index is -0.640. The van der Waals surface area contributed by atoms with Gasteiger partial charge < -0.3 is 23.9 Å². The molecule has 2 heterocycles. The lowest BCUT2D eigenvalue weighted by Crippen LogP contribution is -2.31. The number of carbonyl (C=O) groups excluding carboxylic acids is 1. The number of nitrogens with zero attached hydrogens (tertiary/aromatic N) is 1. The summed E-state index contributed by atoms with van der Waals surface area (Å²) in [6.07, 6.45) is 1.31. The van der Waals surface area contributed by atoms with E-state index in [4.69, 9.17) is 13.9 Å². The SMILES string of the molecule is CCOc1cc([C@@H]2c3c(oc4ccccc4c3=O)C(=O)N2CCCO)ccc1OCCC(C)C. The van der Waals surface area contributed by atoms with Crippen LogP contribution < -0.4 is 14.9 Å². The number of fused-ring (bicyclic) bond motifs is 2. The molecule has 0 aliphatic carbocycles. The van der Waals surface area contributed by atoms with Gasteiger partial charge >= 0.3 is 0 Å². The maximum absolute atomic E-state index is 13.5. The van der Waals surface area contributed by atoms with E-state index < -0.39 is 6.04 Å². The normalized spacial score (nSPS) is 15.3. The van der Waals surface area contributed by atoms with E-state index in [1.165, 1.54) is 0 Å². The average molecular weight is 466 g/mol. The largest absolute Gasteiger partial charge is 0.490 e. The van der Waals surface area contributed by atoms with Crippen molar-refractivity contribution in [3.8, 4) is 11.5 Å². The van der Waals surface area contributed by atoms with Crippen molar-refractivity contribution >= 4 is 16.9 Å². The molecule has 2 aromatic carbocycles. The molecule has 0 spiro atoms. The number of aliphatic hydroxyl groups excluding tert-OH is 1. The van der Waals surface area contributed by atoms with E-state index in [0.29, 0.717) is 53.6 Å². The molecule has 7 heteroatoms. The molecule has 1 aliphatic rings. The summed E-state index contributed by atoms with van der Waals surface area (Å²) in [5, 5.41) is 9.84. The summed E-state index contributed by atoms with van der Waals surface area (Å²) < 4.78 is 17.7. The quantitative estimate of drug-likeness (QED) is 0.473. The van der Waals surface area contributed by atoms with Gasteiger partial charge in [-0.1, -0.05) is 32.0 Å². The second-order valence-electron chi connectivity index (χ2n) is 8.82. The van der Waals surface area contributed by atoms with Crippen molar-refractivity contribution in [1.29, 1.82) is 0 Å². The summed E-state index contributed by atoms with van der Waals surface area (Å²) in [5.41, 5.74) is 1.20. The average Bonchev–Trinajstić information content (AvgIpc) is 3.10. The molecule has 1 aromatic heterocycles. The Morgan fingerprint density at radius 2 is 1.88 bits per heavy atom. The minimum Gasteiger partial charge on any atom is -0.490 e. The van der Waals surface area contributed by atoms with E-state index in [1.54, 1.807) is 29.2 Å². The summed E-state index contributed by atoms with van der Waals surface area (Å²) in [6, 6.07) is 11.8. The lowest BCUT2D eigenvalue weighted by atomic mass is 9.98. The summed E-state index contributed by atoms with van der Waals surface area (Å²) in [6.45, 7) is 7.42. The fourth-order valence-electron chi connectivity index (χ4n) is 4.27. The molecule has 1 atom stereocenters. The van der Waals surface area contributed by atoms with Crippen LogP contribution in [0.1, 0.15) is 61.3 Å². The molecule has 0 saturated carbocycles. The Balaban J connectivity index is 1.81. The molecular formula is C27H31NO6. The number of ether oxygens (including phenoxy) is 2. The van der Waals surface area contributed by atoms with Crippen LogP contribution >= 0.6 is 0 Å². The highest BCUT2D eigenvalue weighted by Crippen LogP contribution is 2.41. The standard InChI is InChI=1S/C27H31NO6/c1-4-32-22-16-18(10-11-21(22)33-15-12-17(2)3)24-23-25(30)19-8-5-6-9-20(19)34-26(23)27(31)28(24)13-7-14-29/h5-6,8-11,16-17,24,29H,4,7,12-15H2,1-3H3/t24-/m1/s1. The Morgan fingerprint density at radius 1 is 1.09 bits per heavy atom. The van der Waals surface area contributed by atoms with Crippen molar-refractivity contribution in [1.82, 2.24) is 4.90 Å². The van der Waals surface area contributed by atoms with Crippen LogP contribution in [0.25, 0.3) is 11.0 Å². The molecule has 3 aromatic rings. The molecule has 1 amide bonds. The van der Waals surface area contributed by atoms with Gasteiger partial charge in [-0.3, -0.25) is 9.59 Å². The van der Waals surface area contributed by atoms with Crippen LogP contribution in [0.2, 0.25) is 0 Å². The highest BCUT2D eigenvalue weighted by Gasteiger charge is 2.42. The molecule has 0 fully saturated rings. The Morgan fingerprint density at radius 3 is 2.62 bits per heavy atom. The van der Waals surface area contributed by atoms with Gasteiger partial charge in [-0.25, -0.2) is 0 Å². The monoisotopic (exact) mass is 465 g/mol. The lowest BCUT2D eigenvalue weighted by molar-refractivity contribution is 0.0716. The molecule has 4 rings (SSSR count). The fraction of sp³-hybridized carbons (Fsp3) is 0.407. The van der Waals surface area contributed by atoms with Crippen molar-refractivity contribution in [3.63, 3.8) is 0 Å². The molecular weight excluding hydrogens is 434 g/mol. The van der Waals surface area contributed by atoms with Crippen LogP contribution in [-0.2, 0) is 0 Å². The summed E-state index contributed by atoms with van der Waals surface area (Å²) >= 11 is 0. The molecule has 0 bridgehead atoms. The molecule has 34 heavy (non-hydrogen) atoms. The van der Waals surface area contributed by atoms with Crippen LogP contribution in [0, 0.1) is 5.92 Å². The number of hydrogen-bond acceptors (Lipinski definition) is 6. The first-order chi connectivity index (χ1) is 16.5. The second kappa shape index (κ2) is 10.3.